The SMILES string of the molecule is Cc1ccc(SCc2nc(NN)c3ccsc3n2)c(C)c1. The van der Waals surface area contributed by atoms with Crippen LogP contribution in [0.2, 0.25) is 0 Å². The van der Waals surface area contributed by atoms with Gasteiger partial charge in [-0.15, -0.1) is 23.1 Å². The normalized spacial score (nSPS) is 11.0. The van der Waals surface area contributed by atoms with Crippen molar-refractivity contribution in [3.63, 3.8) is 0 Å². The Morgan fingerprint density at radius 3 is 2.86 bits per heavy atom. The summed E-state index contributed by atoms with van der Waals surface area (Å²) in [5.74, 6) is 7.76. The number of nitrogens with two attached hydrogens (primary N) is 1. The van der Waals surface area contributed by atoms with Gasteiger partial charge in [0.25, 0.3) is 0 Å². The minimum atomic E-state index is 0.692. The van der Waals surface area contributed by atoms with Gasteiger partial charge in [0.1, 0.15) is 10.7 Å². The maximum absolute atomic E-state index is 5.55. The van der Waals surface area contributed by atoms with E-state index in [-0.39, 0.29) is 0 Å². The summed E-state index contributed by atoms with van der Waals surface area (Å²) in [4.78, 5) is 11.3. The summed E-state index contributed by atoms with van der Waals surface area (Å²) in [6.07, 6.45) is 0. The van der Waals surface area contributed by atoms with E-state index in [1.54, 1.807) is 23.1 Å². The summed E-state index contributed by atoms with van der Waals surface area (Å²) in [6.45, 7) is 4.24. The first kappa shape index (κ1) is 14.3. The Morgan fingerprint density at radius 2 is 2.10 bits per heavy atom. The van der Waals surface area contributed by atoms with Gasteiger partial charge in [-0.25, -0.2) is 15.8 Å². The van der Waals surface area contributed by atoms with Gasteiger partial charge in [0.2, 0.25) is 0 Å². The van der Waals surface area contributed by atoms with Crippen LogP contribution in [0.5, 0.6) is 0 Å². The molecular formula is C15H16N4S2. The van der Waals surface area contributed by atoms with E-state index in [4.69, 9.17) is 5.84 Å². The van der Waals surface area contributed by atoms with Crippen molar-refractivity contribution in [2.45, 2.75) is 24.5 Å². The van der Waals surface area contributed by atoms with Crippen molar-refractivity contribution in [2.24, 2.45) is 5.84 Å². The van der Waals surface area contributed by atoms with Crippen LogP contribution in [0.4, 0.5) is 5.82 Å². The minimum absolute atomic E-state index is 0.692. The molecule has 0 amide bonds. The Kier molecular flexibility index (Phi) is 4.10. The van der Waals surface area contributed by atoms with Gasteiger partial charge in [-0.05, 0) is 36.9 Å². The van der Waals surface area contributed by atoms with E-state index >= 15 is 0 Å². The molecule has 2 heterocycles. The Balaban J connectivity index is 1.84. The van der Waals surface area contributed by atoms with Crippen molar-refractivity contribution < 1.29 is 0 Å². The van der Waals surface area contributed by atoms with Crippen molar-refractivity contribution in [1.29, 1.82) is 0 Å². The molecule has 3 N–H and O–H groups in total. The topological polar surface area (TPSA) is 63.8 Å². The summed E-state index contributed by atoms with van der Waals surface area (Å²) in [5.41, 5.74) is 5.23. The number of aryl methyl sites for hydroxylation is 2. The first-order valence-corrected chi connectivity index (χ1v) is 8.44. The monoisotopic (exact) mass is 316 g/mol. The number of rotatable bonds is 4. The predicted molar refractivity (Wildman–Crippen MR) is 90.7 cm³/mol. The molecule has 0 saturated heterocycles. The Bertz CT molecular complexity index is 782. The fourth-order valence-electron chi connectivity index (χ4n) is 2.18. The van der Waals surface area contributed by atoms with Crippen LogP contribution in [0.25, 0.3) is 10.2 Å². The zero-order valence-electron chi connectivity index (χ0n) is 11.9. The highest BCUT2D eigenvalue weighted by atomic mass is 32.2. The Labute approximate surface area is 131 Å². The van der Waals surface area contributed by atoms with Crippen molar-refractivity contribution in [3.8, 4) is 0 Å². The number of fused-ring (bicyclic) bond motifs is 1. The van der Waals surface area contributed by atoms with Gasteiger partial charge in [-0.2, -0.15) is 0 Å². The molecule has 0 fully saturated rings. The molecule has 2 aromatic heterocycles. The molecule has 0 aliphatic heterocycles. The van der Waals surface area contributed by atoms with Crippen molar-refractivity contribution >= 4 is 39.1 Å². The average molecular weight is 316 g/mol. The molecule has 0 bridgehead atoms. The fourth-order valence-corrected chi connectivity index (χ4v) is 3.83. The van der Waals surface area contributed by atoms with E-state index in [0.29, 0.717) is 5.82 Å². The van der Waals surface area contributed by atoms with Crippen LogP contribution in [0.1, 0.15) is 17.0 Å². The molecular weight excluding hydrogens is 300 g/mol. The number of anilines is 1. The van der Waals surface area contributed by atoms with E-state index < -0.39 is 0 Å². The molecule has 0 saturated carbocycles. The van der Waals surface area contributed by atoms with Crippen molar-refractivity contribution in [1.82, 2.24) is 9.97 Å². The highest BCUT2D eigenvalue weighted by Gasteiger charge is 2.09. The molecule has 0 aliphatic carbocycles. The number of thiophene rings is 1. The van der Waals surface area contributed by atoms with Crippen LogP contribution in [-0.2, 0) is 5.75 Å². The smallest absolute Gasteiger partial charge is 0.152 e. The number of benzene rings is 1. The molecule has 3 aromatic rings. The number of hydrogen-bond donors (Lipinski definition) is 2. The van der Waals surface area contributed by atoms with Gasteiger partial charge < -0.3 is 5.43 Å². The van der Waals surface area contributed by atoms with Crippen LogP contribution in [0, 0.1) is 13.8 Å². The van der Waals surface area contributed by atoms with Crippen molar-refractivity contribution in [3.05, 3.63) is 46.6 Å². The lowest BCUT2D eigenvalue weighted by molar-refractivity contribution is 1.06. The molecule has 4 nitrogen and oxygen atoms in total. The molecule has 21 heavy (non-hydrogen) atoms. The van der Waals surface area contributed by atoms with E-state index in [9.17, 15) is 0 Å². The number of nitrogens with zero attached hydrogens (tertiary/aromatic N) is 2. The zero-order chi connectivity index (χ0) is 14.8. The predicted octanol–water partition coefficient (Wildman–Crippen LogP) is 3.89. The minimum Gasteiger partial charge on any atom is -0.308 e. The lowest BCUT2D eigenvalue weighted by Crippen LogP contribution is -2.10. The van der Waals surface area contributed by atoms with E-state index in [1.807, 2.05) is 11.4 Å². The molecule has 0 atom stereocenters. The fraction of sp³-hybridized carbons (Fsp3) is 0.200. The lowest BCUT2D eigenvalue weighted by atomic mass is 10.2. The van der Waals surface area contributed by atoms with E-state index in [2.05, 4.69) is 47.4 Å². The van der Waals surface area contributed by atoms with Gasteiger partial charge >= 0.3 is 0 Å². The number of aromatic nitrogens is 2. The number of nitrogen functional groups attached to an aromatic ring is 1. The third kappa shape index (κ3) is 3.02. The zero-order valence-corrected chi connectivity index (χ0v) is 13.5. The highest BCUT2D eigenvalue weighted by molar-refractivity contribution is 7.98. The third-order valence-corrected chi connectivity index (χ3v) is 5.17. The van der Waals surface area contributed by atoms with Crippen LogP contribution >= 0.6 is 23.1 Å². The molecule has 0 unspecified atom stereocenters. The van der Waals surface area contributed by atoms with Gasteiger partial charge in [0, 0.05) is 4.90 Å². The third-order valence-electron chi connectivity index (χ3n) is 3.20. The second-order valence-corrected chi connectivity index (χ2v) is 6.74. The van der Waals surface area contributed by atoms with Crippen LogP contribution in [0.15, 0.2) is 34.5 Å². The number of hydrazine groups is 1. The number of thioether (sulfide) groups is 1. The van der Waals surface area contributed by atoms with Crippen LogP contribution < -0.4 is 11.3 Å². The largest absolute Gasteiger partial charge is 0.308 e. The number of hydrogen-bond acceptors (Lipinski definition) is 6. The van der Waals surface area contributed by atoms with Crippen LogP contribution in [0.3, 0.4) is 0 Å². The van der Waals surface area contributed by atoms with Gasteiger partial charge in [0.05, 0.1) is 11.1 Å². The Morgan fingerprint density at radius 1 is 1.24 bits per heavy atom. The van der Waals surface area contributed by atoms with Crippen molar-refractivity contribution in [2.75, 3.05) is 5.43 Å². The van der Waals surface area contributed by atoms with Gasteiger partial charge in [-0.1, -0.05) is 17.7 Å². The second-order valence-electron chi connectivity index (χ2n) is 4.83. The number of nitrogens with one attached hydrogen (secondary N) is 1. The lowest BCUT2D eigenvalue weighted by Gasteiger charge is -2.07. The maximum atomic E-state index is 5.55. The Hall–Kier alpha value is -1.63. The highest BCUT2D eigenvalue weighted by Crippen LogP contribution is 2.29. The summed E-state index contributed by atoms with van der Waals surface area (Å²) in [6, 6.07) is 8.46. The maximum Gasteiger partial charge on any atom is 0.152 e. The summed E-state index contributed by atoms with van der Waals surface area (Å²) < 4.78 is 0. The second kappa shape index (κ2) is 6.01. The van der Waals surface area contributed by atoms with E-state index in [0.717, 1.165) is 21.8 Å². The quantitative estimate of drug-likeness (QED) is 0.434. The van der Waals surface area contributed by atoms with E-state index in [1.165, 1.54) is 16.0 Å². The standard InChI is InChI=1S/C15H16N4S2/c1-9-3-4-12(10(2)7-9)21-8-13-17-14(19-16)11-5-6-20-15(11)18-13/h3-7H,8,16H2,1-2H3,(H,17,18,19). The van der Waals surface area contributed by atoms with Gasteiger partial charge in [-0.3, -0.25) is 0 Å². The van der Waals surface area contributed by atoms with Crippen LogP contribution in [-0.4, -0.2) is 9.97 Å². The molecule has 0 radical (unpaired) electrons. The molecule has 0 spiro atoms. The molecule has 6 heteroatoms. The average Bonchev–Trinajstić information content (AvgIpc) is 2.93. The summed E-state index contributed by atoms with van der Waals surface area (Å²) >= 11 is 3.35. The summed E-state index contributed by atoms with van der Waals surface area (Å²) in [5, 5.41) is 2.98. The first-order valence-electron chi connectivity index (χ1n) is 6.58. The molecule has 1 aromatic carbocycles. The molecule has 3 rings (SSSR count). The molecule has 108 valence electrons. The molecule has 0 aliphatic rings. The van der Waals surface area contributed by atoms with Gasteiger partial charge in [0.15, 0.2) is 5.82 Å². The summed E-state index contributed by atoms with van der Waals surface area (Å²) in [7, 11) is 0. The first-order chi connectivity index (χ1) is 10.2.